The van der Waals surface area contributed by atoms with E-state index in [1.54, 1.807) is 18.5 Å². The molecule has 2 amide bonds. The van der Waals surface area contributed by atoms with Crippen molar-refractivity contribution in [3.05, 3.63) is 120 Å². The zero-order valence-electron chi connectivity index (χ0n) is 18.0. The molecule has 0 aliphatic carbocycles. The van der Waals surface area contributed by atoms with Gasteiger partial charge in [0.1, 0.15) is 6.04 Å². The van der Waals surface area contributed by atoms with E-state index in [1.807, 2.05) is 84.9 Å². The van der Waals surface area contributed by atoms with Crippen molar-refractivity contribution in [2.24, 2.45) is 0 Å². The Morgan fingerprint density at radius 3 is 2.12 bits per heavy atom. The Hall–Kier alpha value is -3.61. The molecule has 2 atom stereocenters. The highest BCUT2D eigenvalue weighted by Crippen LogP contribution is 2.37. The first-order valence-corrected chi connectivity index (χ1v) is 12.0. The van der Waals surface area contributed by atoms with Crippen molar-refractivity contribution < 1.29 is 9.59 Å². The summed E-state index contributed by atoms with van der Waals surface area (Å²) in [4.78, 5) is 31.1. The van der Waals surface area contributed by atoms with Crippen LogP contribution in [0.25, 0.3) is 11.1 Å². The van der Waals surface area contributed by atoms with Gasteiger partial charge in [0.2, 0.25) is 0 Å². The first-order chi connectivity index (χ1) is 16.6. The molecule has 1 N–H and O–H groups in total. The van der Waals surface area contributed by atoms with E-state index < -0.39 is 11.3 Å². The molecule has 168 valence electrons. The van der Waals surface area contributed by atoms with Crippen molar-refractivity contribution in [1.29, 1.82) is 0 Å². The van der Waals surface area contributed by atoms with Gasteiger partial charge in [-0.1, -0.05) is 78.3 Å². The Morgan fingerprint density at radius 2 is 1.41 bits per heavy atom. The lowest BCUT2D eigenvalue weighted by atomic mass is 9.96. The Labute approximate surface area is 206 Å². The van der Waals surface area contributed by atoms with E-state index in [9.17, 15) is 9.59 Å². The summed E-state index contributed by atoms with van der Waals surface area (Å²) in [6.45, 7) is 0. The molecular formula is C27H20ClN3O2S. The van der Waals surface area contributed by atoms with E-state index >= 15 is 0 Å². The average Bonchev–Trinajstić information content (AvgIpc) is 3.15. The van der Waals surface area contributed by atoms with E-state index in [0.29, 0.717) is 9.92 Å². The van der Waals surface area contributed by atoms with Crippen molar-refractivity contribution >= 4 is 35.2 Å². The molecule has 7 heteroatoms. The molecule has 3 aromatic carbocycles. The molecule has 0 saturated carbocycles. The molecule has 1 fully saturated rings. The van der Waals surface area contributed by atoms with Crippen LogP contribution < -0.4 is 5.43 Å². The van der Waals surface area contributed by atoms with Crippen molar-refractivity contribution in [1.82, 2.24) is 15.4 Å². The second kappa shape index (κ2) is 9.71. The first kappa shape index (κ1) is 22.2. The molecule has 4 aromatic rings. The van der Waals surface area contributed by atoms with Crippen LogP contribution in [0, 0.1) is 0 Å². The minimum atomic E-state index is -0.915. The van der Waals surface area contributed by atoms with Crippen LogP contribution in [0.15, 0.2) is 108 Å². The lowest BCUT2D eigenvalue weighted by Gasteiger charge is -2.28. The number of halogens is 1. The van der Waals surface area contributed by atoms with Gasteiger partial charge in [-0.05, 0) is 46.5 Å². The molecule has 0 bridgehead atoms. The van der Waals surface area contributed by atoms with Crippen molar-refractivity contribution in [2.75, 3.05) is 0 Å². The summed E-state index contributed by atoms with van der Waals surface area (Å²) in [6.07, 6.45) is 3.51. The smallest absolute Gasteiger partial charge is 0.265 e. The van der Waals surface area contributed by atoms with Crippen LogP contribution in [-0.2, 0) is 9.59 Å². The summed E-state index contributed by atoms with van der Waals surface area (Å²) in [7, 11) is 0. The van der Waals surface area contributed by atoms with Gasteiger partial charge in [-0.3, -0.25) is 20.0 Å². The number of benzene rings is 3. The van der Waals surface area contributed by atoms with Crippen molar-refractivity contribution in [3.63, 3.8) is 0 Å². The van der Waals surface area contributed by atoms with Crippen molar-refractivity contribution in [2.45, 2.75) is 16.2 Å². The van der Waals surface area contributed by atoms with Gasteiger partial charge in [0.05, 0.1) is 5.02 Å². The van der Waals surface area contributed by atoms with Crippen LogP contribution in [0.1, 0.15) is 17.2 Å². The zero-order valence-corrected chi connectivity index (χ0v) is 19.5. The van der Waals surface area contributed by atoms with Gasteiger partial charge in [0.25, 0.3) is 11.8 Å². The Bertz CT molecular complexity index is 1320. The number of amides is 2. The topological polar surface area (TPSA) is 62.3 Å². The third kappa shape index (κ3) is 4.42. The molecule has 2 unspecified atom stereocenters. The fourth-order valence-electron chi connectivity index (χ4n) is 3.96. The number of hydrogen-bond acceptors (Lipinski definition) is 4. The van der Waals surface area contributed by atoms with Gasteiger partial charge in [-0.15, -0.1) is 11.8 Å². The fraction of sp³-hybridized carbons (Fsp3) is 0.0741. The van der Waals surface area contributed by atoms with Gasteiger partial charge < -0.3 is 0 Å². The molecule has 2 heterocycles. The monoisotopic (exact) mass is 485 g/mol. The normalized spacial score (nSPS) is 16.4. The second-order valence-corrected chi connectivity index (χ2v) is 9.34. The molecular weight excluding hydrogens is 466 g/mol. The van der Waals surface area contributed by atoms with Gasteiger partial charge >= 0.3 is 0 Å². The van der Waals surface area contributed by atoms with E-state index in [2.05, 4.69) is 10.4 Å². The number of pyridine rings is 1. The Balaban J connectivity index is 1.48. The van der Waals surface area contributed by atoms with Gasteiger partial charge in [0, 0.05) is 17.3 Å². The Morgan fingerprint density at radius 1 is 0.794 bits per heavy atom. The van der Waals surface area contributed by atoms with E-state index in [4.69, 9.17) is 11.6 Å². The maximum absolute atomic E-state index is 13.5. The number of carbonyl (C=O) groups excluding carboxylic acids is 2. The molecule has 1 aliphatic rings. The number of thioether (sulfide) groups is 1. The highest BCUT2D eigenvalue weighted by molar-refractivity contribution is 8.01. The second-order valence-electron chi connectivity index (χ2n) is 7.78. The minimum Gasteiger partial charge on any atom is -0.271 e. The number of aromatic nitrogens is 1. The van der Waals surface area contributed by atoms with E-state index in [0.717, 1.165) is 34.0 Å². The molecule has 0 radical (unpaired) electrons. The van der Waals surface area contributed by atoms with Crippen molar-refractivity contribution in [3.8, 4) is 11.1 Å². The first-order valence-electron chi connectivity index (χ1n) is 10.7. The minimum absolute atomic E-state index is 0.304. The standard InChI is InChI=1S/C27H20ClN3O2S/c28-22-8-4-5-9-23(22)34-25-26(32)30-31(27(25)33)24(20-6-2-1-3-7-20)21-12-10-18(11-13-21)19-14-16-29-17-15-19/h1-17,24-25H,(H,30,32). The van der Waals surface area contributed by atoms with Crippen LogP contribution >= 0.6 is 23.4 Å². The van der Waals surface area contributed by atoms with Crippen LogP contribution in [0.2, 0.25) is 5.02 Å². The SMILES string of the molecule is O=C1NN(C(c2ccccc2)c2ccc(-c3ccncc3)cc2)C(=O)C1Sc1ccccc1Cl. The summed E-state index contributed by atoms with van der Waals surface area (Å²) >= 11 is 7.44. The predicted octanol–water partition coefficient (Wildman–Crippen LogP) is 5.53. The maximum atomic E-state index is 13.5. The molecule has 1 aliphatic heterocycles. The van der Waals surface area contributed by atoms with Crippen LogP contribution in [0.4, 0.5) is 0 Å². The highest BCUT2D eigenvalue weighted by Gasteiger charge is 2.44. The summed E-state index contributed by atoms with van der Waals surface area (Å²) in [6, 6.07) is 28.3. The van der Waals surface area contributed by atoms with E-state index in [1.165, 1.54) is 5.01 Å². The third-order valence-electron chi connectivity index (χ3n) is 5.63. The van der Waals surface area contributed by atoms with Crippen LogP contribution in [-0.4, -0.2) is 27.1 Å². The largest absolute Gasteiger partial charge is 0.271 e. The zero-order chi connectivity index (χ0) is 23.5. The number of nitrogens with zero attached hydrogens (tertiary/aromatic N) is 2. The summed E-state index contributed by atoms with van der Waals surface area (Å²) in [5.74, 6) is -0.661. The van der Waals surface area contributed by atoms with Gasteiger partial charge in [-0.2, -0.15) is 0 Å². The maximum Gasteiger partial charge on any atom is 0.265 e. The molecule has 0 spiro atoms. The molecule has 1 aromatic heterocycles. The quantitative estimate of drug-likeness (QED) is 0.365. The number of rotatable bonds is 6. The lowest BCUT2D eigenvalue weighted by molar-refractivity contribution is -0.131. The Kier molecular flexibility index (Phi) is 6.34. The number of hydrazine groups is 1. The van der Waals surface area contributed by atoms with E-state index in [-0.39, 0.29) is 11.8 Å². The number of carbonyl (C=O) groups is 2. The van der Waals surface area contributed by atoms with Gasteiger partial charge in [0.15, 0.2) is 5.25 Å². The highest BCUT2D eigenvalue weighted by atomic mass is 35.5. The van der Waals surface area contributed by atoms with Crippen LogP contribution in [0.3, 0.4) is 0 Å². The van der Waals surface area contributed by atoms with Crippen LogP contribution in [0.5, 0.6) is 0 Å². The number of nitrogens with one attached hydrogen (secondary N) is 1. The van der Waals surface area contributed by atoms with Gasteiger partial charge in [-0.25, -0.2) is 5.01 Å². The molecule has 5 nitrogen and oxygen atoms in total. The predicted molar refractivity (Wildman–Crippen MR) is 134 cm³/mol. The fourth-order valence-corrected chi connectivity index (χ4v) is 5.20. The summed E-state index contributed by atoms with van der Waals surface area (Å²) in [5.41, 5.74) is 6.70. The lowest BCUT2D eigenvalue weighted by Crippen LogP contribution is -2.39. The number of hydrogen-bond donors (Lipinski definition) is 1. The molecule has 5 rings (SSSR count). The summed E-state index contributed by atoms with van der Waals surface area (Å²) < 4.78 is 0. The molecule has 1 saturated heterocycles. The molecule has 34 heavy (non-hydrogen) atoms. The average molecular weight is 486 g/mol. The summed E-state index contributed by atoms with van der Waals surface area (Å²) in [5, 5.41) is 1.04. The third-order valence-corrected chi connectivity index (χ3v) is 7.33.